The maximum absolute atomic E-state index is 10.6. The van der Waals surface area contributed by atoms with Crippen molar-refractivity contribution in [3.63, 3.8) is 0 Å². The predicted molar refractivity (Wildman–Crippen MR) is 53.2 cm³/mol. The molecule has 5 heteroatoms. The first-order valence-electron chi connectivity index (χ1n) is 4.53. The minimum absolute atomic E-state index is 0.184. The number of thiazole rings is 1. The average molecular weight is 212 g/mol. The molecule has 1 aliphatic heterocycles. The molecule has 1 unspecified atom stereocenters. The van der Waals surface area contributed by atoms with Crippen molar-refractivity contribution in [3.05, 3.63) is 16.6 Å². The van der Waals surface area contributed by atoms with Gasteiger partial charge < -0.3 is 5.11 Å². The Balaban J connectivity index is 1.91. The molecule has 0 spiro atoms. The minimum atomic E-state index is -0.688. The highest BCUT2D eigenvalue weighted by atomic mass is 32.1. The Labute approximate surface area is 86.2 Å². The van der Waals surface area contributed by atoms with Gasteiger partial charge in [-0.2, -0.15) is 0 Å². The van der Waals surface area contributed by atoms with Crippen molar-refractivity contribution in [2.45, 2.75) is 13.0 Å². The Morgan fingerprint density at radius 1 is 1.79 bits per heavy atom. The van der Waals surface area contributed by atoms with Crippen LogP contribution in [0.15, 0.2) is 10.9 Å². The van der Waals surface area contributed by atoms with E-state index in [1.54, 1.807) is 16.8 Å². The minimum Gasteiger partial charge on any atom is -0.481 e. The van der Waals surface area contributed by atoms with E-state index in [0.29, 0.717) is 13.1 Å². The van der Waals surface area contributed by atoms with Gasteiger partial charge in [-0.1, -0.05) is 0 Å². The zero-order chi connectivity index (χ0) is 10.1. The van der Waals surface area contributed by atoms with Crippen LogP contribution in [-0.4, -0.2) is 34.0 Å². The van der Waals surface area contributed by atoms with E-state index in [1.165, 1.54) is 0 Å². The molecule has 0 aliphatic carbocycles. The van der Waals surface area contributed by atoms with Gasteiger partial charge in [0.1, 0.15) is 0 Å². The maximum atomic E-state index is 10.6. The zero-order valence-corrected chi connectivity index (χ0v) is 8.70. The molecule has 0 saturated carbocycles. The molecule has 1 aromatic rings. The Morgan fingerprint density at radius 2 is 2.50 bits per heavy atom. The first-order valence-corrected chi connectivity index (χ1v) is 5.47. The largest absolute Gasteiger partial charge is 0.481 e. The van der Waals surface area contributed by atoms with Crippen LogP contribution in [0.3, 0.4) is 0 Å². The van der Waals surface area contributed by atoms with Crippen LogP contribution >= 0.6 is 11.3 Å². The highest BCUT2D eigenvalue weighted by Crippen LogP contribution is 2.27. The van der Waals surface area contributed by atoms with Crippen LogP contribution in [0, 0.1) is 5.92 Å². The van der Waals surface area contributed by atoms with Crippen LogP contribution in [0.2, 0.25) is 0 Å². The van der Waals surface area contributed by atoms with Crippen LogP contribution in [-0.2, 0) is 4.79 Å². The number of carbonyl (C=O) groups is 1. The molecule has 0 aromatic carbocycles. The molecular weight excluding hydrogens is 200 g/mol. The molecule has 1 aromatic heterocycles. The summed E-state index contributed by atoms with van der Waals surface area (Å²) in [5.41, 5.74) is 2.85. The molecule has 14 heavy (non-hydrogen) atoms. The summed E-state index contributed by atoms with van der Waals surface area (Å²) in [7, 11) is 0. The molecule has 1 saturated heterocycles. The van der Waals surface area contributed by atoms with Crippen molar-refractivity contribution in [2.24, 2.45) is 5.92 Å². The van der Waals surface area contributed by atoms with Gasteiger partial charge in [0.25, 0.3) is 0 Å². The van der Waals surface area contributed by atoms with Crippen LogP contribution in [0.5, 0.6) is 0 Å². The number of aliphatic carboxylic acids is 1. The molecule has 76 valence electrons. The monoisotopic (exact) mass is 212 g/mol. The first kappa shape index (κ1) is 9.61. The Kier molecular flexibility index (Phi) is 2.52. The van der Waals surface area contributed by atoms with E-state index < -0.39 is 5.97 Å². The molecule has 4 nitrogen and oxygen atoms in total. The summed E-state index contributed by atoms with van der Waals surface area (Å²) < 4.78 is 0. The van der Waals surface area contributed by atoms with Crippen molar-refractivity contribution in [1.82, 2.24) is 9.88 Å². The van der Waals surface area contributed by atoms with Gasteiger partial charge in [-0.25, -0.2) is 4.98 Å². The molecule has 2 heterocycles. The van der Waals surface area contributed by atoms with Gasteiger partial charge in [0, 0.05) is 18.5 Å². The van der Waals surface area contributed by atoms with Gasteiger partial charge in [-0.15, -0.1) is 11.3 Å². The number of aromatic nitrogens is 1. The third-order valence-corrected chi connectivity index (χ3v) is 3.29. The van der Waals surface area contributed by atoms with E-state index >= 15 is 0 Å². The predicted octanol–water partition coefficient (Wildman–Crippen LogP) is 1.22. The smallest absolute Gasteiger partial charge is 0.309 e. The van der Waals surface area contributed by atoms with Gasteiger partial charge in [0.15, 0.2) is 0 Å². The van der Waals surface area contributed by atoms with Gasteiger partial charge in [0.05, 0.1) is 23.2 Å². The van der Waals surface area contributed by atoms with E-state index in [9.17, 15) is 4.79 Å². The molecule has 1 aliphatic rings. The Hall–Kier alpha value is -0.940. The lowest BCUT2D eigenvalue weighted by atomic mass is 9.97. The molecule has 1 fully saturated rings. The number of hydrogen-bond acceptors (Lipinski definition) is 4. The standard InChI is InChI=1S/C9H12N2O2S/c1-6(8-4-14-5-10-8)11-2-7(3-11)9(12)13/h4-7H,2-3H2,1H3,(H,12,13). The fraction of sp³-hybridized carbons (Fsp3) is 0.556. The number of hydrogen-bond donors (Lipinski definition) is 1. The summed E-state index contributed by atoms with van der Waals surface area (Å²) in [6.07, 6.45) is 0. The summed E-state index contributed by atoms with van der Waals surface area (Å²) in [6, 6.07) is 0.247. The van der Waals surface area contributed by atoms with E-state index in [1.807, 2.05) is 5.38 Å². The number of rotatable bonds is 3. The molecule has 0 radical (unpaired) electrons. The molecule has 0 amide bonds. The van der Waals surface area contributed by atoms with E-state index in [2.05, 4.69) is 16.8 Å². The van der Waals surface area contributed by atoms with Gasteiger partial charge in [-0.05, 0) is 6.92 Å². The second-order valence-corrected chi connectivity index (χ2v) is 4.30. The lowest BCUT2D eigenvalue weighted by Crippen LogP contribution is -2.51. The SMILES string of the molecule is CC(c1cscn1)N1CC(C(=O)O)C1. The summed E-state index contributed by atoms with van der Waals surface area (Å²) in [5, 5.41) is 10.7. The van der Waals surface area contributed by atoms with Crippen LogP contribution in [0.25, 0.3) is 0 Å². The number of carboxylic acid groups (broad SMARTS) is 1. The summed E-state index contributed by atoms with van der Waals surface area (Å²) in [6.45, 7) is 3.36. The third-order valence-electron chi connectivity index (χ3n) is 2.69. The van der Waals surface area contributed by atoms with Crippen LogP contribution in [0.4, 0.5) is 0 Å². The molecular formula is C9H12N2O2S. The third kappa shape index (κ3) is 1.65. The fourth-order valence-corrected chi connectivity index (χ4v) is 2.24. The Bertz CT molecular complexity index is 320. The van der Waals surface area contributed by atoms with Gasteiger partial charge >= 0.3 is 5.97 Å². The maximum Gasteiger partial charge on any atom is 0.309 e. The topological polar surface area (TPSA) is 53.4 Å². The normalized spacial score (nSPS) is 20.4. The second kappa shape index (κ2) is 3.67. The van der Waals surface area contributed by atoms with Crippen molar-refractivity contribution >= 4 is 17.3 Å². The second-order valence-electron chi connectivity index (χ2n) is 3.58. The molecule has 0 bridgehead atoms. The summed E-state index contributed by atoms with van der Waals surface area (Å²) in [4.78, 5) is 16.9. The van der Waals surface area contributed by atoms with Crippen molar-refractivity contribution in [3.8, 4) is 0 Å². The zero-order valence-electron chi connectivity index (χ0n) is 7.88. The van der Waals surface area contributed by atoms with Crippen LogP contribution < -0.4 is 0 Å². The van der Waals surface area contributed by atoms with Gasteiger partial charge in [-0.3, -0.25) is 9.69 Å². The highest BCUT2D eigenvalue weighted by molar-refractivity contribution is 7.07. The number of likely N-dealkylation sites (tertiary alicyclic amines) is 1. The Morgan fingerprint density at radius 3 is 3.00 bits per heavy atom. The molecule has 1 N–H and O–H groups in total. The van der Waals surface area contributed by atoms with E-state index in [4.69, 9.17) is 5.11 Å². The van der Waals surface area contributed by atoms with Crippen molar-refractivity contribution < 1.29 is 9.90 Å². The highest BCUT2D eigenvalue weighted by Gasteiger charge is 2.35. The quantitative estimate of drug-likeness (QED) is 0.818. The van der Waals surface area contributed by atoms with E-state index in [0.717, 1.165) is 5.69 Å². The molecule has 1 atom stereocenters. The van der Waals surface area contributed by atoms with Crippen molar-refractivity contribution in [2.75, 3.05) is 13.1 Å². The average Bonchev–Trinajstić information content (AvgIpc) is 2.51. The lowest BCUT2D eigenvalue weighted by molar-refractivity contribution is -0.148. The molecule has 2 rings (SSSR count). The number of nitrogens with zero attached hydrogens (tertiary/aromatic N) is 2. The summed E-state index contributed by atoms with van der Waals surface area (Å²) >= 11 is 1.57. The van der Waals surface area contributed by atoms with Crippen molar-refractivity contribution in [1.29, 1.82) is 0 Å². The van der Waals surface area contributed by atoms with Crippen LogP contribution in [0.1, 0.15) is 18.7 Å². The number of carboxylic acids is 1. The first-order chi connectivity index (χ1) is 6.68. The van der Waals surface area contributed by atoms with Gasteiger partial charge in [0.2, 0.25) is 0 Å². The lowest BCUT2D eigenvalue weighted by Gasteiger charge is -2.40. The van der Waals surface area contributed by atoms with E-state index in [-0.39, 0.29) is 12.0 Å². The fourth-order valence-electron chi connectivity index (χ4n) is 1.60. The summed E-state index contributed by atoms with van der Waals surface area (Å²) in [5.74, 6) is -0.872.